The third kappa shape index (κ3) is 4.59. The third-order valence-corrected chi connectivity index (χ3v) is 4.63. The average molecular weight is 379 g/mol. The zero-order valence-electron chi connectivity index (χ0n) is 15.7. The summed E-state index contributed by atoms with van der Waals surface area (Å²) < 4.78 is 40.3. The highest BCUT2D eigenvalue weighted by atomic mass is 19.3. The van der Waals surface area contributed by atoms with Gasteiger partial charge in [-0.3, -0.25) is 9.79 Å². The highest BCUT2D eigenvalue weighted by Crippen LogP contribution is 2.34. The van der Waals surface area contributed by atoms with Crippen LogP contribution in [-0.2, 0) is 4.79 Å². The van der Waals surface area contributed by atoms with Crippen molar-refractivity contribution in [2.24, 2.45) is 10.7 Å². The van der Waals surface area contributed by atoms with Gasteiger partial charge >= 0.3 is 0 Å². The molecule has 7 heteroatoms. The molecule has 2 rings (SSSR count). The molecule has 0 aromatic heterocycles. The first-order valence-corrected chi connectivity index (χ1v) is 8.68. The Balaban J connectivity index is 2.42. The van der Waals surface area contributed by atoms with E-state index in [0.717, 1.165) is 18.2 Å². The molecule has 1 aliphatic carbocycles. The summed E-state index contributed by atoms with van der Waals surface area (Å²) in [6.07, 6.45) is -1.73. The fraction of sp³-hybridized carbons (Fsp3) is 0.400. The van der Waals surface area contributed by atoms with E-state index in [1.165, 1.54) is 4.90 Å². The lowest BCUT2D eigenvalue weighted by Gasteiger charge is -2.32. The van der Waals surface area contributed by atoms with Crippen LogP contribution in [0.25, 0.3) is 5.57 Å². The van der Waals surface area contributed by atoms with E-state index in [1.54, 1.807) is 6.92 Å². The summed E-state index contributed by atoms with van der Waals surface area (Å²) in [6.45, 7) is 7.75. The molecule has 1 fully saturated rings. The predicted molar refractivity (Wildman–Crippen MR) is 101 cm³/mol. The standard InChI is InChI=1S/C20H24F3N3O/c1-11-6-5-7-14(10-11)12(2)13(3)26(15-8-9-15)20(27)16(19(23)25-4)17(24)18(21)22/h5-7,10,13,15,18H,2,8-9,24H2,1,3-4H3. The van der Waals surface area contributed by atoms with Crippen molar-refractivity contribution in [2.75, 3.05) is 7.05 Å². The molecular formula is C20H24F3N3O. The van der Waals surface area contributed by atoms with Crippen LogP contribution in [0.5, 0.6) is 0 Å². The number of amides is 1. The smallest absolute Gasteiger partial charge is 0.278 e. The van der Waals surface area contributed by atoms with E-state index in [1.807, 2.05) is 31.2 Å². The van der Waals surface area contributed by atoms with Crippen LogP contribution >= 0.6 is 0 Å². The molecule has 0 saturated heterocycles. The van der Waals surface area contributed by atoms with Gasteiger partial charge < -0.3 is 10.6 Å². The van der Waals surface area contributed by atoms with Crippen molar-refractivity contribution in [3.8, 4) is 0 Å². The highest BCUT2D eigenvalue weighted by Gasteiger charge is 2.40. The van der Waals surface area contributed by atoms with Gasteiger partial charge in [0.1, 0.15) is 5.57 Å². The lowest BCUT2D eigenvalue weighted by Crippen LogP contribution is -2.43. The molecule has 1 atom stereocenters. The predicted octanol–water partition coefficient (Wildman–Crippen LogP) is 3.86. The van der Waals surface area contributed by atoms with Crippen molar-refractivity contribution in [3.63, 3.8) is 0 Å². The van der Waals surface area contributed by atoms with Gasteiger partial charge in [-0.1, -0.05) is 36.4 Å². The number of nitrogens with zero attached hydrogens (tertiary/aromatic N) is 2. The van der Waals surface area contributed by atoms with E-state index < -0.39 is 35.6 Å². The van der Waals surface area contributed by atoms with E-state index in [2.05, 4.69) is 11.6 Å². The molecule has 2 N–H and O–H groups in total. The molecule has 1 unspecified atom stereocenters. The number of nitrogens with two attached hydrogens (primary N) is 1. The van der Waals surface area contributed by atoms with Crippen molar-refractivity contribution in [3.05, 3.63) is 53.2 Å². The van der Waals surface area contributed by atoms with Crippen LogP contribution in [0.3, 0.4) is 0 Å². The van der Waals surface area contributed by atoms with Gasteiger partial charge in [0, 0.05) is 13.1 Å². The normalized spacial score (nSPS) is 16.8. The summed E-state index contributed by atoms with van der Waals surface area (Å²) in [6, 6.07) is 6.90. The topological polar surface area (TPSA) is 58.7 Å². The Kier molecular flexibility index (Phi) is 6.46. The Morgan fingerprint density at radius 2 is 2.00 bits per heavy atom. The van der Waals surface area contributed by atoms with Crippen molar-refractivity contribution >= 4 is 17.4 Å². The number of allylic oxidation sites excluding steroid dienone is 1. The zero-order valence-corrected chi connectivity index (χ0v) is 15.7. The average Bonchev–Trinajstić information content (AvgIpc) is 3.45. The maximum atomic E-state index is 14.2. The summed E-state index contributed by atoms with van der Waals surface area (Å²) in [5.74, 6) is -2.18. The molecule has 1 amide bonds. The lowest BCUT2D eigenvalue weighted by atomic mass is 9.97. The van der Waals surface area contributed by atoms with E-state index in [0.29, 0.717) is 18.4 Å². The molecule has 1 aromatic carbocycles. The maximum Gasteiger partial charge on any atom is 0.278 e. The molecular weight excluding hydrogens is 355 g/mol. The number of halogens is 3. The van der Waals surface area contributed by atoms with E-state index in [9.17, 15) is 18.0 Å². The minimum atomic E-state index is -3.16. The number of aryl methyl sites for hydroxylation is 1. The van der Waals surface area contributed by atoms with Gasteiger partial charge in [-0.15, -0.1) is 0 Å². The van der Waals surface area contributed by atoms with Gasteiger partial charge in [0.15, 0.2) is 0 Å². The van der Waals surface area contributed by atoms with Crippen LogP contribution in [0.1, 0.15) is 30.9 Å². The summed E-state index contributed by atoms with van der Waals surface area (Å²) in [4.78, 5) is 17.7. The van der Waals surface area contributed by atoms with E-state index in [4.69, 9.17) is 5.73 Å². The maximum absolute atomic E-state index is 14.2. The Hall–Kier alpha value is -2.57. The Morgan fingerprint density at radius 3 is 2.48 bits per heavy atom. The van der Waals surface area contributed by atoms with Crippen LogP contribution in [0, 0.1) is 6.92 Å². The second kappa shape index (κ2) is 8.41. The number of aliphatic imine (C=N–C) groups is 1. The molecule has 27 heavy (non-hydrogen) atoms. The van der Waals surface area contributed by atoms with Crippen molar-refractivity contribution in [2.45, 2.75) is 45.2 Å². The van der Waals surface area contributed by atoms with Crippen LogP contribution in [0.4, 0.5) is 13.2 Å². The van der Waals surface area contributed by atoms with Crippen LogP contribution in [-0.4, -0.2) is 42.3 Å². The molecule has 4 nitrogen and oxygen atoms in total. The first-order chi connectivity index (χ1) is 12.7. The van der Waals surface area contributed by atoms with Gasteiger partial charge in [-0.2, -0.15) is 4.39 Å². The Bertz CT molecular complexity index is 797. The largest absolute Gasteiger partial charge is 0.397 e. The number of hydrogen-bond acceptors (Lipinski definition) is 3. The number of alkyl halides is 2. The first-order valence-electron chi connectivity index (χ1n) is 8.68. The fourth-order valence-corrected chi connectivity index (χ4v) is 2.95. The minimum Gasteiger partial charge on any atom is -0.397 e. The quantitative estimate of drug-likeness (QED) is 0.578. The SMILES string of the molecule is C=C(c1cccc(C)c1)C(C)N(C(=O)C(C(F)=NC)=C(N)C(F)F)C1CC1. The molecule has 1 aliphatic rings. The van der Waals surface area contributed by atoms with Gasteiger partial charge in [0.05, 0.1) is 11.7 Å². The van der Waals surface area contributed by atoms with Crippen LogP contribution in [0.15, 0.2) is 47.1 Å². The van der Waals surface area contributed by atoms with Gasteiger partial charge in [-0.25, -0.2) is 8.78 Å². The van der Waals surface area contributed by atoms with Gasteiger partial charge in [0.2, 0.25) is 5.97 Å². The summed E-state index contributed by atoms with van der Waals surface area (Å²) in [7, 11) is 1.08. The molecule has 0 heterocycles. The number of carbonyl (C=O) groups is 1. The highest BCUT2D eigenvalue weighted by molar-refractivity contribution is 6.19. The second-order valence-electron chi connectivity index (χ2n) is 6.66. The molecule has 1 saturated carbocycles. The zero-order chi connectivity index (χ0) is 20.3. The van der Waals surface area contributed by atoms with Gasteiger partial charge in [0.25, 0.3) is 12.3 Å². The van der Waals surface area contributed by atoms with Gasteiger partial charge in [-0.05, 0) is 37.8 Å². The molecule has 0 radical (unpaired) electrons. The Labute approximate surface area is 157 Å². The van der Waals surface area contributed by atoms with Crippen molar-refractivity contribution < 1.29 is 18.0 Å². The van der Waals surface area contributed by atoms with Crippen molar-refractivity contribution in [1.82, 2.24) is 4.90 Å². The number of rotatable bonds is 7. The molecule has 1 aromatic rings. The molecule has 0 spiro atoms. The Morgan fingerprint density at radius 1 is 1.37 bits per heavy atom. The molecule has 146 valence electrons. The number of benzene rings is 1. The summed E-state index contributed by atoms with van der Waals surface area (Å²) >= 11 is 0. The summed E-state index contributed by atoms with van der Waals surface area (Å²) in [5, 5.41) is 0. The third-order valence-electron chi connectivity index (χ3n) is 4.63. The molecule has 0 aliphatic heterocycles. The number of carbonyl (C=O) groups excluding carboxylic acids is 1. The fourth-order valence-electron chi connectivity index (χ4n) is 2.95. The minimum absolute atomic E-state index is 0.167. The molecule has 0 bridgehead atoms. The van der Waals surface area contributed by atoms with E-state index >= 15 is 0 Å². The number of hydrogen-bond donors (Lipinski definition) is 1. The van der Waals surface area contributed by atoms with Crippen molar-refractivity contribution in [1.29, 1.82) is 0 Å². The summed E-state index contributed by atoms with van der Waals surface area (Å²) in [5.41, 5.74) is 5.86. The monoisotopic (exact) mass is 379 g/mol. The van der Waals surface area contributed by atoms with Crippen LogP contribution in [0.2, 0.25) is 0 Å². The van der Waals surface area contributed by atoms with Crippen LogP contribution < -0.4 is 5.73 Å². The second-order valence-corrected chi connectivity index (χ2v) is 6.66. The van der Waals surface area contributed by atoms with E-state index in [-0.39, 0.29) is 6.04 Å². The first kappa shape index (κ1) is 20.7. The lowest BCUT2D eigenvalue weighted by molar-refractivity contribution is -0.128.